The number of ketones is 1. The Balaban J connectivity index is 1.89. The fourth-order valence-corrected chi connectivity index (χ4v) is 2.77. The van der Waals surface area contributed by atoms with Crippen LogP contribution < -0.4 is 16.8 Å². The zero-order valence-corrected chi connectivity index (χ0v) is 14.8. The van der Waals surface area contributed by atoms with Crippen molar-refractivity contribution in [1.29, 1.82) is 0 Å². The van der Waals surface area contributed by atoms with Crippen molar-refractivity contribution in [2.45, 2.75) is 12.5 Å². The van der Waals surface area contributed by atoms with Crippen molar-refractivity contribution >= 4 is 23.4 Å². The van der Waals surface area contributed by atoms with E-state index in [1.54, 1.807) is 48.5 Å². The van der Waals surface area contributed by atoms with Crippen molar-refractivity contribution in [1.82, 2.24) is 10.5 Å². The molecule has 2 amide bonds. The Morgan fingerprint density at radius 3 is 2.21 bits per heavy atom. The largest absolute Gasteiger partial charge is 0.380 e. The van der Waals surface area contributed by atoms with Gasteiger partial charge in [0.2, 0.25) is 5.78 Å². The first-order chi connectivity index (χ1) is 13.5. The number of amides is 2. The standard InChI is InChI=1S/C20H18N4O4/c21-18-15(17(28-24-18)13-9-5-2-6-10-13)20(27)23-14(16(25)19(22)26)11-12-7-3-1-4-8-12/h1-10,14H,11H2,(H2,21,24)(H2,22,26)(H,23,27). The lowest BCUT2D eigenvalue weighted by Gasteiger charge is -2.16. The van der Waals surface area contributed by atoms with Gasteiger partial charge in [-0.1, -0.05) is 65.8 Å². The summed E-state index contributed by atoms with van der Waals surface area (Å²) in [6, 6.07) is 16.6. The third kappa shape index (κ3) is 4.07. The Morgan fingerprint density at radius 1 is 1.00 bits per heavy atom. The first-order valence-electron chi connectivity index (χ1n) is 8.46. The number of Topliss-reactive ketones (excluding diaryl/α,β-unsaturated/α-hetero) is 1. The molecule has 8 heteroatoms. The summed E-state index contributed by atoms with van der Waals surface area (Å²) < 4.78 is 5.20. The monoisotopic (exact) mass is 378 g/mol. The van der Waals surface area contributed by atoms with Gasteiger partial charge in [-0.25, -0.2) is 0 Å². The lowest BCUT2D eigenvalue weighted by Crippen LogP contribution is -2.47. The number of anilines is 1. The number of hydrogen-bond donors (Lipinski definition) is 3. The van der Waals surface area contributed by atoms with Crippen molar-refractivity contribution in [3.8, 4) is 11.3 Å². The molecule has 0 radical (unpaired) electrons. The number of primary amides is 1. The summed E-state index contributed by atoms with van der Waals surface area (Å²) in [5.74, 6) is -2.69. The van der Waals surface area contributed by atoms with Gasteiger partial charge < -0.3 is 21.3 Å². The van der Waals surface area contributed by atoms with Gasteiger partial charge in [-0.05, 0) is 5.56 Å². The second kappa shape index (κ2) is 8.17. The highest BCUT2D eigenvalue weighted by molar-refractivity contribution is 6.38. The molecule has 8 nitrogen and oxygen atoms in total. The van der Waals surface area contributed by atoms with Gasteiger partial charge in [0.05, 0.1) is 0 Å². The molecule has 142 valence electrons. The van der Waals surface area contributed by atoms with Crippen molar-refractivity contribution in [3.05, 3.63) is 71.8 Å². The van der Waals surface area contributed by atoms with Gasteiger partial charge in [0, 0.05) is 12.0 Å². The molecule has 1 atom stereocenters. The van der Waals surface area contributed by atoms with Crippen molar-refractivity contribution in [3.63, 3.8) is 0 Å². The Bertz CT molecular complexity index is 1000. The Hall–Kier alpha value is -3.94. The molecule has 28 heavy (non-hydrogen) atoms. The maximum absolute atomic E-state index is 12.9. The van der Waals surface area contributed by atoms with Crippen LogP contribution in [0.5, 0.6) is 0 Å². The van der Waals surface area contributed by atoms with Gasteiger partial charge in [0.15, 0.2) is 11.6 Å². The maximum Gasteiger partial charge on any atom is 0.287 e. The molecule has 1 aromatic heterocycles. The first-order valence-corrected chi connectivity index (χ1v) is 8.46. The number of nitrogens with two attached hydrogens (primary N) is 2. The normalized spacial score (nSPS) is 11.6. The van der Waals surface area contributed by atoms with E-state index in [0.29, 0.717) is 5.56 Å². The number of nitrogens with zero attached hydrogens (tertiary/aromatic N) is 1. The minimum atomic E-state index is -1.15. The Labute approximate surface area is 160 Å². The number of nitrogen functional groups attached to an aromatic ring is 1. The summed E-state index contributed by atoms with van der Waals surface area (Å²) >= 11 is 0. The predicted octanol–water partition coefficient (Wildman–Crippen LogP) is 1.32. The summed E-state index contributed by atoms with van der Waals surface area (Å²) in [6.45, 7) is 0. The summed E-state index contributed by atoms with van der Waals surface area (Å²) in [4.78, 5) is 36.5. The van der Waals surface area contributed by atoms with E-state index in [9.17, 15) is 14.4 Å². The average Bonchev–Trinajstić information content (AvgIpc) is 3.10. The van der Waals surface area contributed by atoms with Crippen LogP contribution >= 0.6 is 0 Å². The van der Waals surface area contributed by atoms with Crippen LogP contribution in [-0.4, -0.2) is 28.8 Å². The summed E-state index contributed by atoms with van der Waals surface area (Å²) in [5, 5.41) is 6.18. The maximum atomic E-state index is 12.9. The number of hydrogen-bond acceptors (Lipinski definition) is 6. The van der Waals surface area contributed by atoms with E-state index in [1.807, 2.05) is 12.1 Å². The van der Waals surface area contributed by atoms with Gasteiger partial charge >= 0.3 is 0 Å². The molecule has 0 aliphatic heterocycles. The number of carbonyl (C=O) groups is 3. The van der Waals surface area contributed by atoms with Crippen molar-refractivity contribution in [2.24, 2.45) is 5.73 Å². The Kier molecular flexibility index (Phi) is 5.50. The summed E-state index contributed by atoms with van der Waals surface area (Å²) in [7, 11) is 0. The van der Waals surface area contributed by atoms with Gasteiger partial charge in [0.25, 0.3) is 11.8 Å². The van der Waals surface area contributed by atoms with Crippen LogP contribution in [0.4, 0.5) is 5.82 Å². The highest BCUT2D eigenvalue weighted by Crippen LogP contribution is 2.27. The van der Waals surface area contributed by atoms with E-state index in [4.69, 9.17) is 16.0 Å². The number of rotatable bonds is 7. The average molecular weight is 378 g/mol. The van der Waals surface area contributed by atoms with E-state index < -0.39 is 23.6 Å². The molecular formula is C20H18N4O4. The molecule has 0 aliphatic carbocycles. The van der Waals surface area contributed by atoms with E-state index in [0.717, 1.165) is 5.56 Å². The van der Waals surface area contributed by atoms with Gasteiger partial charge in [0.1, 0.15) is 11.6 Å². The fraction of sp³-hybridized carbons (Fsp3) is 0.100. The van der Waals surface area contributed by atoms with Gasteiger partial charge in [-0.2, -0.15) is 0 Å². The van der Waals surface area contributed by atoms with E-state index in [-0.39, 0.29) is 23.6 Å². The molecule has 0 spiro atoms. The number of aromatic nitrogens is 1. The summed E-state index contributed by atoms with van der Waals surface area (Å²) in [6.07, 6.45) is 0.0974. The smallest absolute Gasteiger partial charge is 0.287 e. The van der Waals surface area contributed by atoms with E-state index in [1.165, 1.54) is 0 Å². The van der Waals surface area contributed by atoms with Crippen molar-refractivity contribution < 1.29 is 18.9 Å². The van der Waals surface area contributed by atoms with Crippen LogP contribution in [-0.2, 0) is 16.0 Å². The number of carbonyl (C=O) groups excluding carboxylic acids is 3. The molecule has 0 bridgehead atoms. The molecule has 3 aromatic rings. The first kappa shape index (κ1) is 18.8. The molecular weight excluding hydrogens is 360 g/mol. The molecule has 5 N–H and O–H groups in total. The van der Waals surface area contributed by atoms with Crippen LogP contribution in [0.1, 0.15) is 15.9 Å². The second-order valence-corrected chi connectivity index (χ2v) is 6.08. The lowest BCUT2D eigenvalue weighted by molar-refractivity contribution is -0.137. The van der Waals surface area contributed by atoms with E-state index in [2.05, 4.69) is 10.5 Å². The number of nitrogens with one attached hydrogen (secondary N) is 1. The molecule has 0 saturated carbocycles. The molecule has 0 saturated heterocycles. The predicted molar refractivity (Wildman–Crippen MR) is 102 cm³/mol. The lowest BCUT2D eigenvalue weighted by atomic mass is 10.0. The summed E-state index contributed by atoms with van der Waals surface area (Å²) in [5.41, 5.74) is 12.3. The zero-order valence-electron chi connectivity index (χ0n) is 14.8. The molecule has 3 rings (SSSR count). The van der Waals surface area contributed by atoms with Crippen molar-refractivity contribution in [2.75, 3.05) is 5.73 Å². The van der Waals surface area contributed by atoms with Crippen LogP contribution in [0.15, 0.2) is 65.2 Å². The molecule has 0 fully saturated rings. The highest BCUT2D eigenvalue weighted by Gasteiger charge is 2.29. The van der Waals surface area contributed by atoms with Gasteiger partial charge in [-0.15, -0.1) is 0 Å². The topological polar surface area (TPSA) is 141 Å². The fourth-order valence-electron chi connectivity index (χ4n) is 2.77. The minimum absolute atomic E-state index is 0.0125. The van der Waals surface area contributed by atoms with Crippen LogP contribution in [0.25, 0.3) is 11.3 Å². The molecule has 1 heterocycles. The quantitative estimate of drug-likeness (QED) is 0.529. The van der Waals surface area contributed by atoms with Crippen LogP contribution in [0, 0.1) is 0 Å². The van der Waals surface area contributed by atoms with Crippen LogP contribution in [0.3, 0.4) is 0 Å². The SMILES string of the molecule is NC(=O)C(=O)C(Cc1ccccc1)NC(=O)c1c(N)noc1-c1ccccc1. The van der Waals surface area contributed by atoms with Crippen LogP contribution in [0.2, 0.25) is 0 Å². The third-order valence-corrected chi connectivity index (χ3v) is 4.13. The Morgan fingerprint density at radius 2 is 1.61 bits per heavy atom. The third-order valence-electron chi connectivity index (χ3n) is 4.13. The highest BCUT2D eigenvalue weighted by atomic mass is 16.5. The molecule has 1 unspecified atom stereocenters. The second-order valence-electron chi connectivity index (χ2n) is 6.08. The molecule has 2 aromatic carbocycles. The van der Waals surface area contributed by atoms with Gasteiger partial charge in [-0.3, -0.25) is 14.4 Å². The van der Waals surface area contributed by atoms with E-state index >= 15 is 0 Å². The minimum Gasteiger partial charge on any atom is -0.380 e. The molecule has 0 aliphatic rings. The number of benzene rings is 2. The zero-order chi connectivity index (χ0) is 20.1.